The number of rotatable bonds is 5. The maximum atomic E-state index is 13.2. The molecule has 0 saturated carbocycles. The predicted octanol–water partition coefficient (Wildman–Crippen LogP) is 5.53. The Kier molecular flexibility index (Phi) is 6.35. The van der Waals surface area contributed by atoms with E-state index in [0.717, 1.165) is 22.1 Å². The van der Waals surface area contributed by atoms with Gasteiger partial charge in [-0.05, 0) is 41.0 Å². The molecule has 0 saturated heterocycles. The Morgan fingerprint density at radius 2 is 1.50 bits per heavy atom. The average Bonchev–Trinajstić information content (AvgIpc) is 3.30. The van der Waals surface area contributed by atoms with Crippen molar-refractivity contribution < 1.29 is 31.1 Å². The van der Waals surface area contributed by atoms with Gasteiger partial charge in [-0.2, -0.15) is 26.3 Å². The van der Waals surface area contributed by atoms with E-state index in [2.05, 4.69) is 15.1 Å². The summed E-state index contributed by atoms with van der Waals surface area (Å²) in [4.78, 5) is 19.9. The topological polar surface area (TPSA) is 86.7 Å². The van der Waals surface area contributed by atoms with Crippen molar-refractivity contribution in [3.8, 4) is 22.5 Å². The standard InChI is InChI=1S/C24H15F6N5O/c25-23(26,27)18-8-17(9-19(10-18)24(28,29)30)22-33-13-35(34-22)12-20(21(31)36)15-5-3-14(4-6-15)16-2-1-7-32-11-16/h1-13H,(H2,31,36)/b20-12-. The van der Waals surface area contributed by atoms with Gasteiger partial charge >= 0.3 is 12.4 Å². The van der Waals surface area contributed by atoms with Gasteiger partial charge in [0, 0.05) is 24.2 Å². The van der Waals surface area contributed by atoms with Crippen LogP contribution in [0.25, 0.3) is 34.3 Å². The van der Waals surface area contributed by atoms with Crippen LogP contribution in [0.4, 0.5) is 26.3 Å². The summed E-state index contributed by atoms with van der Waals surface area (Å²) < 4.78 is 80.0. The molecule has 0 aliphatic heterocycles. The zero-order valence-electron chi connectivity index (χ0n) is 18.0. The highest BCUT2D eigenvalue weighted by Crippen LogP contribution is 2.38. The van der Waals surface area contributed by atoms with Crippen molar-refractivity contribution in [1.29, 1.82) is 0 Å². The van der Waals surface area contributed by atoms with Gasteiger partial charge in [0.25, 0.3) is 5.91 Å². The molecule has 0 radical (unpaired) electrons. The van der Waals surface area contributed by atoms with E-state index in [0.29, 0.717) is 17.7 Å². The van der Waals surface area contributed by atoms with E-state index >= 15 is 0 Å². The van der Waals surface area contributed by atoms with Crippen molar-refractivity contribution in [2.75, 3.05) is 0 Å². The maximum absolute atomic E-state index is 13.2. The van der Waals surface area contributed by atoms with E-state index in [4.69, 9.17) is 5.73 Å². The first-order valence-electron chi connectivity index (χ1n) is 10.2. The summed E-state index contributed by atoms with van der Waals surface area (Å²) >= 11 is 0. The lowest BCUT2D eigenvalue weighted by atomic mass is 10.0. The number of alkyl halides is 6. The minimum atomic E-state index is -5.01. The zero-order valence-corrected chi connectivity index (χ0v) is 18.0. The van der Waals surface area contributed by atoms with Crippen LogP contribution in [0.5, 0.6) is 0 Å². The molecule has 2 aromatic carbocycles. The normalized spacial score (nSPS) is 12.6. The van der Waals surface area contributed by atoms with Crippen LogP contribution in [0, 0.1) is 0 Å². The lowest BCUT2D eigenvalue weighted by Gasteiger charge is -2.13. The van der Waals surface area contributed by atoms with Crippen molar-refractivity contribution in [2.24, 2.45) is 5.73 Å². The van der Waals surface area contributed by atoms with Gasteiger partial charge in [0.2, 0.25) is 0 Å². The summed E-state index contributed by atoms with van der Waals surface area (Å²) in [5, 5.41) is 3.92. The highest BCUT2D eigenvalue weighted by atomic mass is 19.4. The fourth-order valence-corrected chi connectivity index (χ4v) is 3.34. The molecular weight excluding hydrogens is 488 g/mol. The first-order valence-corrected chi connectivity index (χ1v) is 10.2. The van der Waals surface area contributed by atoms with E-state index < -0.39 is 40.8 Å². The molecular formula is C24H15F6N5O. The van der Waals surface area contributed by atoms with Gasteiger partial charge in [-0.3, -0.25) is 9.78 Å². The van der Waals surface area contributed by atoms with E-state index in [1.165, 1.54) is 6.20 Å². The third kappa shape index (κ3) is 5.43. The summed E-state index contributed by atoms with van der Waals surface area (Å²) in [7, 11) is 0. The summed E-state index contributed by atoms with van der Waals surface area (Å²) in [6.45, 7) is 0. The molecule has 12 heteroatoms. The number of halogens is 6. The summed E-state index contributed by atoms with van der Waals surface area (Å²) in [5.41, 5.74) is 4.07. The van der Waals surface area contributed by atoms with Crippen LogP contribution in [0.3, 0.4) is 0 Å². The number of carbonyl (C=O) groups excluding carboxylic acids is 1. The lowest BCUT2D eigenvalue weighted by Crippen LogP contribution is -2.13. The maximum Gasteiger partial charge on any atom is 0.416 e. The van der Waals surface area contributed by atoms with Crippen LogP contribution in [-0.4, -0.2) is 25.7 Å². The highest BCUT2D eigenvalue weighted by molar-refractivity contribution is 6.22. The zero-order chi connectivity index (χ0) is 26.1. The van der Waals surface area contributed by atoms with Gasteiger partial charge in [0.15, 0.2) is 5.82 Å². The van der Waals surface area contributed by atoms with Gasteiger partial charge in [0.1, 0.15) is 6.33 Å². The number of aromatic nitrogens is 4. The summed E-state index contributed by atoms with van der Waals surface area (Å²) in [6, 6.07) is 11.4. The lowest BCUT2D eigenvalue weighted by molar-refractivity contribution is -0.143. The molecule has 6 nitrogen and oxygen atoms in total. The van der Waals surface area contributed by atoms with E-state index in [1.54, 1.807) is 42.7 Å². The Morgan fingerprint density at radius 1 is 0.861 bits per heavy atom. The quantitative estimate of drug-likeness (QED) is 0.287. The van der Waals surface area contributed by atoms with Gasteiger partial charge in [0.05, 0.1) is 16.7 Å². The summed E-state index contributed by atoms with van der Waals surface area (Å²) in [5.74, 6) is -1.24. The molecule has 1 amide bonds. The van der Waals surface area contributed by atoms with Crippen LogP contribution < -0.4 is 5.73 Å². The van der Waals surface area contributed by atoms with E-state index in [-0.39, 0.29) is 11.6 Å². The molecule has 4 aromatic rings. The molecule has 0 unspecified atom stereocenters. The van der Waals surface area contributed by atoms with Crippen molar-refractivity contribution in [1.82, 2.24) is 19.7 Å². The number of hydrogen-bond donors (Lipinski definition) is 1. The number of hydrogen-bond acceptors (Lipinski definition) is 4. The molecule has 184 valence electrons. The largest absolute Gasteiger partial charge is 0.416 e. The second kappa shape index (κ2) is 9.29. The molecule has 0 fully saturated rings. The van der Waals surface area contributed by atoms with Crippen molar-refractivity contribution >= 4 is 17.7 Å². The number of pyridine rings is 1. The number of primary amides is 1. The predicted molar refractivity (Wildman–Crippen MR) is 118 cm³/mol. The highest BCUT2D eigenvalue weighted by Gasteiger charge is 2.37. The third-order valence-electron chi connectivity index (χ3n) is 5.07. The Morgan fingerprint density at radius 3 is 2.03 bits per heavy atom. The Labute approximate surface area is 199 Å². The molecule has 4 rings (SSSR count). The SMILES string of the molecule is NC(=O)/C(=C\n1cnc(-c2cc(C(F)(F)F)cc(C(F)(F)F)c2)n1)c1ccc(-c2cccnc2)cc1. The molecule has 2 heterocycles. The minimum absolute atomic E-state index is 0.00999. The molecule has 0 spiro atoms. The molecule has 2 aromatic heterocycles. The van der Waals surface area contributed by atoms with Gasteiger partial charge in [-0.25, -0.2) is 9.67 Å². The van der Waals surface area contributed by atoms with Crippen LogP contribution in [0.1, 0.15) is 16.7 Å². The molecule has 36 heavy (non-hydrogen) atoms. The van der Waals surface area contributed by atoms with Crippen LogP contribution in [0.15, 0.2) is 73.3 Å². The second-order valence-electron chi connectivity index (χ2n) is 7.57. The van der Waals surface area contributed by atoms with Gasteiger partial charge in [-0.15, -0.1) is 5.10 Å². The number of benzene rings is 2. The molecule has 0 atom stereocenters. The van der Waals surface area contributed by atoms with Gasteiger partial charge < -0.3 is 5.73 Å². The van der Waals surface area contributed by atoms with Crippen LogP contribution >= 0.6 is 0 Å². The van der Waals surface area contributed by atoms with E-state index in [9.17, 15) is 31.1 Å². The smallest absolute Gasteiger partial charge is 0.366 e. The van der Waals surface area contributed by atoms with Crippen molar-refractivity contribution in [3.05, 3.63) is 90.0 Å². The van der Waals surface area contributed by atoms with E-state index in [1.807, 2.05) is 6.07 Å². The fourth-order valence-electron chi connectivity index (χ4n) is 3.34. The minimum Gasteiger partial charge on any atom is -0.366 e. The first-order chi connectivity index (χ1) is 16.9. The average molecular weight is 503 g/mol. The Hall–Kier alpha value is -4.48. The number of nitrogens with zero attached hydrogens (tertiary/aromatic N) is 4. The Bertz CT molecular complexity index is 1390. The molecule has 2 N–H and O–H groups in total. The van der Waals surface area contributed by atoms with Crippen LogP contribution in [-0.2, 0) is 17.1 Å². The third-order valence-corrected chi connectivity index (χ3v) is 5.07. The van der Waals surface area contributed by atoms with Crippen molar-refractivity contribution in [3.63, 3.8) is 0 Å². The second-order valence-corrected chi connectivity index (χ2v) is 7.57. The first kappa shape index (κ1) is 24.6. The number of nitrogens with two attached hydrogens (primary N) is 1. The molecule has 0 bridgehead atoms. The Balaban J connectivity index is 1.69. The van der Waals surface area contributed by atoms with Crippen molar-refractivity contribution in [2.45, 2.75) is 12.4 Å². The molecule has 0 aliphatic carbocycles. The molecule has 0 aliphatic rings. The fraction of sp³-hybridized carbons (Fsp3) is 0.0833. The number of carbonyl (C=O) groups is 1. The van der Waals surface area contributed by atoms with Crippen LogP contribution in [0.2, 0.25) is 0 Å². The summed E-state index contributed by atoms with van der Waals surface area (Å²) in [6.07, 6.45) is -4.53. The monoisotopic (exact) mass is 503 g/mol. The number of amides is 1. The van der Waals surface area contributed by atoms with Gasteiger partial charge in [-0.1, -0.05) is 30.3 Å².